The summed E-state index contributed by atoms with van der Waals surface area (Å²) in [6.45, 7) is 1.66. The summed E-state index contributed by atoms with van der Waals surface area (Å²) in [6.07, 6.45) is 9.06. The Labute approximate surface area is 137 Å². The summed E-state index contributed by atoms with van der Waals surface area (Å²) < 4.78 is 1.78. The van der Waals surface area contributed by atoms with Gasteiger partial charge in [-0.3, -0.25) is 9.48 Å². The van der Waals surface area contributed by atoms with E-state index in [1.54, 1.807) is 11.0 Å². The number of hydrogen-bond acceptors (Lipinski definition) is 3. The quantitative estimate of drug-likeness (QED) is 0.824. The van der Waals surface area contributed by atoms with Crippen LogP contribution in [0.2, 0.25) is 0 Å². The van der Waals surface area contributed by atoms with E-state index in [0.29, 0.717) is 12.5 Å². The number of amides is 1. The number of hydrogen-bond donors (Lipinski definition) is 0. The van der Waals surface area contributed by atoms with E-state index in [2.05, 4.69) is 39.2 Å². The van der Waals surface area contributed by atoms with Crippen molar-refractivity contribution in [3.63, 3.8) is 0 Å². The average molecular weight is 312 g/mol. The lowest BCUT2D eigenvalue weighted by atomic mass is 9.95. The Morgan fingerprint density at radius 1 is 1.22 bits per heavy atom. The van der Waals surface area contributed by atoms with Crippen LogP contribution in [0.4, 0.5) is 0 Å². The molecule has 2 heterocycles. The molecule has 1 aliphatic heterocycles. The molecule has 0 bridgehead atoms. The van der Waals surface area contributed by atoms with Gasteiger partial charge >= 0.3 is 0 Å². The molecule has 3 rings (SSSR count). The predicted molar refractivity (Wildman–Crippen MR) is 88.8 cm³/mol. The molecule has 0 N–H and O–H groups in total. The number of aromatic nitrogens is 3. The fourth-order valence-electron chi connectivity index (χ4n) is 3.31. The fraction of sp³-hybridized carbons (Fsp3) is 0.500. The highest BCUT2D eigenvalue weighted by molar-refractivity contribution is 5.76. The second-order valence-electron chi connectivity index (χ2n) is 6.19. The Morgan fingerprint density at radius 2 is 2.09 bits per heavy atom. The first kappa shape index (κ1) is 15.7. The highest BCUT2D eigenvalue weighted by atomic mass is 16.2. The number of aryl methyl sites for hydroxylation is 1. The zero-order valence-corrected chi connectivity index (χ0v) is 13.5. The Kier molecular flexibility index (Phi) is 5.40. The van der Waals surface area contributed by atoms with E-state index in [0.717, 1.165) is 38.8 Å². The molecule has 0 saturated carbocycles. The molecule has 0 radical (unpaired) electrons. The molecular weight excluding hydrogens is 288 g/mol. The van der Waals surface area contributed by atoms with E-state index in [1.165, 1.54) is 18.3 Å². The van der Waals surface area contributed by atoms with Gasteiger partial charge in [-0.1, -0.05) is 30.3 Å². The third-order valence-electron chi connectivity index (χ3n) is 4.51. The largest absolute Gasteiger partial charge is 0.339 e. The first-order valence-electron chi connectivity index (χ1n) is 8.49. The minimum absolute atomic E-state index is 0.283. The van der Waals surface area contributed by atoms with E-state index in [1.807, 2.05) is 6.07 Å². The van der Waals surface area contributed by atoms with Gasteiger partial charge in [-0.15, -0.1) is 0 Å². The molecule has 1 unspecified atom stereocenters. The lowest BCUT2D eigenvalue weighted by Gasteiger charge is -2.36. The van der Waals surface area contributed by atoms with Crippen molar-refractivity contribution in [2.75, 3.05) is 6.54 Å². The van der Waals surface area contributed by atoms with Crippen LogP contribution in [-0.2, 0) is 17.8 Å². The predicted octanol–water partition coefficient (Wildman–Crippen LogP) is 2.68. The maximum atomic E-state index is 12.6. The summed E-state index contributed by atoms with van der Waals surface area (Å²) in [6, 6.07) is 10.8. The van der Waals surface area contributed by atoms with Gasteiger partial charge in [-0.25, -0.2) is 4.98 Å². The van der Waals surface area contributed by atoms with Gasteiger partial charge in [0.2, 0.25) is 5.91 Å². The fourth-order valence-corrected chi connectivity index (χ4v) is 3.31. The van der Waals surface area contributed by atoms with Crippen LogP contribution in [0.1, 0.15) is 37.7 Å². The van der Waals surface area contributed by atoms with E-state index in [4.69, 9.17) is 0 Å². The summed E-state index contributed by atoms with van der Waals surface area (Å²) in [5.41, 5.74) is 1.32. The van der Waals surface area contributed by atoms with Gasteiger partial charge in [0.05, 0.1) is 0 Å². The zero-order chi connectivity index (χ0) is 15.9. The van der Waals surface area contributed by atoms with E-state index in [-0.39, 0.29) is 5.91 Å². The molecule has 1 amide bonds. The maximum absolute atomic E-state index is 12.6. The topological polar surface area (TPSA) is 51.0 Å². The highest BCUT2D eigenvalue weighted by Gasteiger charge is 2.26. The molecule has 122 valence electrons. The van der Waals surface area contributed by atoms with Crippen molar-refractivity contribution < 1.29 is 4.79 Å². The second kappa shape index (κ2) is 7.90. The number of carbonyl (C=O) groups is 1. The zero-order valence-electron chi connectivity index (χ0n) is 13.5. The normalized spacial score (nSPS) is 18.1. The van der Waals surface area contributed by atoms with Crippen molar-refractivity contribution in [2.24, 2.45) is 0 Å². The number of piperidine rings is 1. The summed E-state index contributed by atoms with van der Waals surface area (Å²) in [5.74, 6) is 0.283. The molecule has 1 aliphatic rings. The Bertz CT molecular complexity index is 597. The summed E-state index contributed by atoms with van der Waals surface area (Å²) >= 11 is 0. The van der Waals surface area contributed by atoms with Crippen LogP contribution in [0.15, 0.2) is 43.0 Å². The Morgan fingerprint density at radius 3 is 2.87 bits per heavy atom. The smallest absolute Gasteiger partial charge is 0.222 e. The second-order valence-corrected chi connectivity index (χ2v) is 6.19. The first-order chi connectivity index (χ1) is 11.3. The number of carbonyl (C=O) groups excluding carboxylic acids is 1. The number of rotatable bonds is 6. The van der Waals surface area contributed by atoms with E-state index in [9.17, 15) is 4.79 Å². The monoisotopic (exact) mass is 312 g/mol. The highest BCUT2D eigenvalue weighted by Crippen LogP contribution is 2.22. The van der Waals surface area contributed by atoms with Crippen LogP contribution in [0.3, 0.4) is 0 Å². The average Bonchev–Trinajstić information content (AvgIpc) is 3.09. The number of likely N-dealkylation sites (tertiary alicyclic amines) is 1. The van der Waals surface area contributed by atoms with Gasteiger partial charge in [0.1, 0.15) is 12.7 Å². The molecule has 2 aromatic rings. The van der Waals surface area contributed by atoms with Crippen LogP contribution in [0, 0.1) is 0 Å². The molecule has 5 nitrogen and oxygen atoms in total. The van der Waals surface area contributed by atoms with Crippen molar-refractivity contribution in [2.45, 2.75) is 51.1 Å². The number of benzene rings is 1. The molecule has 0 aliphatic carbocycles. The molecule has 1 aromatic carbocycles. The van der Waals surface area contributed by atoms with Gasteiger partial charge in [-0.2, -0.15) is 5.10 Å². The van der Waals surface area contributed by atoms with E-state index < -0.39 is 0 Å². The van der Waals surface area contributed by atoms with Gasteiger partial charge in [0, 0.05) is 25.6 Å². The van der Waals surface area contributed by atoms with Crippen LogP contribution in [0.5, 0.6) is 0 Å². The van der Waals surface area contributed by atoms with Crippen molar-refractivity contribution >= 4 is 5.91 Å². The summed E-state index contributed by atoms with van der Waals surface area (Å²) in [7, 11) is 0. The Hall–Kier alpha value is -2.17. The van der Waals surface area contributed by atoms with Crippen LogP contribution in [-0.4, -0.2) is 38.2 Å². The molecule has 1 saturated heterocycles. The van der Waals surface area contributed by atoms with Crippen LogP contribution in [0.25, 0.3) is 0 Å². The molecule has 0 spiro atoms. The summed E-state index contributed by atoms with van der Waals surface area (Å²) in [4.78, 5) is 18.6. The Balaban J connectivity index is 1.53. The molecule has 1 fully saturated rings. The molecule has 1 atom stereocenters. The van der Waals surface area contributed by atoms with Gasteiger partial charge < -0.3 is 4.90 Å². The van der Waals surface area contributed by atoms with Crippen molar-refractivity contribution in [3.05, 3.63) is 48.5 Å². The SMILES string of the molecule is O=C(CCCn1cncn1)N1CCCCC1Cc1ccccc1. The molecular formula is C18H24N4O. The molecule has 23 heavy (non-hydrogen) atoms. The standard InChI is InChI=1S/C18H24N4O/c23-18(10-6-11-21-15-19-14-20-21)22-12-5-4-9-17(22)13-16-7-2-1-3-8-16/h1-3,7-8,14-15,17H,4-6,9-13H2. The third-order valence-corrected chi connectivity index (χ3v) is 4.51. The van der Waals surface area contributed by atoms with E-state index >= 15 is 0 Å². The van der Waals surface area contributed by atoms with Crippen LogP contribution >= 0.6 is 0 Å². The minimum Gasteiger partial charge on any atom is -0.339 e. The van der Waals surface area contributed by atoms with Crippen molar-refractivity contribution in [3.8, 4) is 0 Å². The number of nitrogens with zero attached hydrogens (tertiary/aromatic N) is 4. The lowest BCUT2D eigenvalue weighted by Crippen LogP contribution is -2.44. The van der Waals surface area contributed by atoms with Gasteiger partial charge in [0.15, 0.2) is 0 Å². The molecule has 1 aromatic heterocycles. The third kappa shape index (κ3) is 4.41. The summed E-state index contributed by atoms with van der Waals surface area (Å²) in [5, 5.41) is 4.08. The van der Waals surface area contributed by atoms with Crippen molar-refractivity contribution in [1.82, 2.24) is 19.7 Å². The van der Waals surface area contributed by atoms with Crippen LogP contribution < -0.4 is 0 Å². The maximum Gasteiger partial charge on any atom is 0.222 e. The minimum atomic E-state index is 0.283. The van der Waals surface area contributed by atoms with Crippen molar-refractivity contribution in [1.29, 1.82) is 0 Å². The van der Waals surface area contributed by atoms with Gasteiger partial charge in [0.25, 0.3) is 0 Å². The first-order valence-corrected chi connectivity index (χ1v) is 8.49. The lowest BCUT2D eigenvalue weighted by molar-refractivity contribution is -0.135. The van der Waals surface area contributed by atoms with Gasteiger partial charge in [-0.05, 0) is 37.7 Å². The molecule has 5 heteroatoms.